The molecule has 1 saturated heterocycles. The first kappa shape index (κ1) is 26.6. The Bertz CT molecular complexity index is 1680. The molecule has 40 heavy (non-hydrogen) atoms. The summed E-state index contributed by atoms with van der Waals surface area (Å²) in [6.07, 6.45) is 7.38. The molecule has 1 aliphatic carbocycles. The molecule has 1 saturated carbocycles. The maximum Gasteiger partial charge on any atom is 0.339 e. The summed E-state index contributed by atoms with van der Waals surface area (Å²) in [5.41, 5.74) is 9.25. The predicted octanol–water partition coefficient (Wildman–Crippen LogP) is 3.30. The number of aryl methyl sites for hydroxylation is 2. The summed E-state index contributed by atoms with van der Waals surface area (Å²) in [6, 6.07) is 8.06. The molecule has 0 amide bonds. The maximum atomic E-state index is 13.0. The van der Waals surface area contributed by atoms with Crippen LogP contribution in [0.15, 0.2) is 45.9 Å². The van der Waals surface area contributed by atoms with E-state index in [1.54, 1.807) is 25.0 Å². The Kier molecular flexibility index (Phi) is 6.70. The lowest BCUT2D eigenvalue weighted by atomic mass is 9.83. The number of nitrogens with zero attached hydrogens (tertiary/aromatic N) is 6. The van der Waals surface area contributed by atoms with Gasteiger partial charge >= 0.3 is 5.97 Å². The average molecular weight is 611 g/mol. The second-order valence-electron chi connectivity index (χ2n) is 10.8. The van der Waals surface area contributed by atoms with Crippen LogP contribution in [0.3, 0.4) is 0 Å². The van der Waals surface area contributed by atoms with E-state index in [2.05, 4.69) is 41.5 Å². The molecule has 4 aromatic rings. The monoisotopic (exact) mass is 609 g/mol. The number of esters is 1. The van der Waals surface area contributed by atoms with Crippen molar-refractivity contribution in [3.05, 3.63) is 57.0 Å². The maximum absolute atomic E-state index is 13.0. The third kappa shape index (κ3) is 4.39. The quantitative estimate of drug-likeness (QED) is 0.317. The van der Waals surface area contributed by atoms with E-state index >= 15 is 0 Å². The van der Waals surface area contributed by atoms with Crippen molar-refractivity contribution < 1.29 is 14.3 Å². The van der Waals surface area contributed by atoms with Gasteiger partial charge in [0.15, 0.2) is 0 Å². The highest BCUT2D eigenvalue weighted by Crippen LogP contribution is 2.46. The van der Waals surface area contributed by atoms with Gasteiger partial charge in [-0.3, -0.25) is 9.69 Å². The van der Waals surface area contributed by atoms with Crippen molar-refractivity contribution in [2.75, 3.05) is 32.5 Å². The first-order valence-corrected chi connectivity index (χ1v) is 14.1. The van der Waals surface area contributed by atoms with Crippen LogP contribution in [0, 0.1) is 0 Å². The number of likely N-dealkylation sites (tertiary alicyclic amines) is 1. The number of pyridine rings is 1. The van der Waals surface area contributed by atoms with Crippen LogP contribution in [0.1, 0.15) is 36.0 Å². The molecular weight excluding hydrogens is 578 g/mol. The summed E-state index contributed by atoms with van der Waals surface area (Å²) < 4.78 is 17.4. The zero-order chi connectivity index (χ0) is 28.2. The molecule has 2 N–H and O–H groups in total. The number of imidazole rings is 1. The van der Waals surface area contributed by atoms with Gasteiger partial charge in [0, 0.05) is 43.9 Å². The van der Waals surface area contributed by atoms with E-state index in [1.165, 1.54) is 23.9 Å². The van der Waals surface area contributed by atoms with Crippen LogP contribution in [0.25, 0.3) is 22.2 Å². The van der Waals surface area contributed by atoms with Crippen molar-refractivity contribution in [1.82, 2.24) is 28.8 Å². The van der Waals surface area contributed by atoms with Crippen molar-refractivity contribution in [3.63, 3.8) is 0 Å². The van der Waals surface area contributed by atoms with Crippen LogP contribution < -0.4 is 16.0 Å². The molecule has 2 aliphatic rings. The van der Waals surface area contributed by atoms with Gasteiger partial charge in [0.1, 0.15) is 6.61 Å². The number of carbonyl (C=O) groups excluding carboxylic acids is 1. The lowest BCUT2D eigenvalue weighted by Crippen LogP contribution is -2.38. The fourth-order valence-electron chi connectivity index (χ4n) is 6.55. The van der Waals surface area contributed by atoms with E-state index in [0.717, 1.165) is 47.7 Å². The van der Waals surface area contributed by atoms with Crippen LogP contribution in [-0.4, -0.2) is 67.6 Å². The van der Waals surface area contributed by atoms with Crippen LogP contribution >= 0.6 is 15.9 Å². The van der Waals surface area contributed by atoms with Crippen molar-refractivity contribution in [3.8, 4) is 17.0 Å². The number of nitrogen functional groups attached to an aromatic ring is 1. The minimum atomic E-state index is -0.518. The standard InChI is InChI=1S/C28H32BrN7O4/c1-33-15-17(26(38)39-3)11-20(24(33)37)21-14-31-34(2)25(21)40-10-9-35-16-28(8-4-5-19(35)13-28)36-23-12-18(29)6-7-22(23)32-27(36)30/h6-7,11-12,14-15,19H,4-5,8-10,13,16H2,1-3H3,(H2,30,32). The van der Waals surface area contributed by atoms with Crippen LogP contribution in [0.4, 0.5) is 5.95 Å². The lowest BCUT2D eigenvalue weighted by molar-refractivity contribution is 0.0599. The van der Waals surface area contributed by atoms with Crippen molar-refractivity contribution in [1.29, 1.82) is 0 Å². The van der Waals surface area contributed by atoms with E-state index in [-0.39, 0.29) is 16.7 Å². The predicted molar refractivity (Wildman–Crippen MR) is 154 cm³/mol. The number of fused-ring (bicyclic) bond motifs is 3. The Hall–Kier alpha value is -3.64. The molecule has 12 heteroatoms. The molecule has 2 unspecified atom stereocenters. The van der Waals surface area contributed by atoms with E-state index in [0.29, 0.717) is 42.1 Å². The Balaban J connectivity index is 1.23. The molecule has 3 aromatic heterocycles. The molecule has 1 aromatic carbocycles. The lowest BCUT2D eigenvalue weighted by Gasteiger charge is -2.34. The number of aromatic nitrogens is 5. The SMILES string of the molecule is COC(=O)c1cc(-c2cnn(C)c2OCCN2CC3(n4c(N)nc5ccc(Br)cc54)CCCC2C3)c(=O)n(C)c1. The Morgan fingerprint density at radius 1 is 1.25 bits per heavy atom. The van der Waals surface area contributed by atoms with Gasteiger partial charge in [-0.15, -0.1) is 0 Å². The molecule has 210 valence electrons. The summed E-state index contributed by atoms with van der Waals surface area (Å²) in [7, 11) is 4.69. The minimum Gasteiger partial charge on any atom is -0.476 e. The third-order valence-electron chi connectivity index (χ3n) is 8.32. The van der Waals surface area contributed by atoms with Gasteiger partial charge in [-0.25, -0.2) is 14.5 Å². The molecule has 2 fully saturated rings. The molecule has 0 radical (unpaired) electrons. The highest BCUT2D eigenvalue weighted by molar-refractivity contribution is 9.10. The number of halogens is 1. The number of hydrogen-bond acceptors (Lipinski definition) is 8. The van der Waals surface area contributed by atoms with E-state index in [4.69, 9.17) is 15.2 Å². The topological polar surface area (TPSA) is 122 Å². The highest BCUT2D eigenvalue weighted by atomic mass is 79.9. The minimum absolute atomic E-state index is 0.110. The van der Waals surface area contributed by atoms with Crippen LogP contribution in [0.5, 0.6) is 5.88 Å². The van der Waals surface area contributed by atoms with Gasteiger partial charge in [-0.05, 0) is 49.9 Å². The molecule has 11 nitrogen and oxygen atoms in total. The van der Waals surface area contributed by atoms with Crippen molar-refractivity contribution in [2.24, 2.45) is 14.1 Å². The molecule has 6 rings (SSSR count). The number of hydrogen-bond donors (Lipinski definition) is 1. The van der Waals surface area contributed by atoms with Crippen LogP contribution in [-0.2, 0) is 24.4 Å². The van der Waals surface area contributed by atoms with Gasteiger partial charge in [0.05, 0.1) is 46.6 Å². The Morgan fingerprint density at radius 2 is 2.08 bits per heavy atom. The number of carbonyl (C=O) groups is 1. The van der Waals surface area contributed by atoms with Gasteiger partial charge in [-0.2, -0.15) is 5.10 Å². The summed E-state index contributed by atoms with van der Waals surface area (Å²) in [4.78, 5) is 32.3. The van der Waals surface area contributed by atoms with E-state index in [1.807, 2.05) is 12.1 Å². The zero-order valence-electron chi connectivity index (χ0n) is 22.8. The van der Waals surface area contributed by atoms with Gasteiger partial charge in [0.25, 0.3) is 5.56 Å². The van der Waals surface area contributed by atoms with Crippen molar-refractivity contribution >= 4 is 38.9 Å². The average Bonchev–Trinajstić information content (AvgIpc) is 3.55. The number of ether oxygens (including phenoxy) is 2. The molecule has 2 atom stereocenters. The number of anilines is 1. The first-order chi connectivity index (χ1) is 19.2. The number of benzene rings is 1. The number of rotatable bonds is 7. The van der Waals surface area contributed by atoms with Gasteiger partial charge in [-0.1, -0.05) is 15.9 Å². The van der Waals surface area contributed by atoms with Crippen molar-refractivity contribution in [2.45, 2.75) is 37.3 Å². The number of methoxy groups -OCH3 is 1. The molecule has 4 heterocycles. The summed E-state index contributed by atoms with van der Waals surface area (Å²) in [5, 5.41) is 4.34. The summed E-state index contributed by atoms with van der Waals surface area (Å²) in [5.74, 6) is 0.517. The second kappa shape index (κ2) is 10.1. The van der Waals surface area contributed by atoms with Gasteiger partial charge in [0.2, 0.25) is 11.8 Å². The molecule has 2 bridgehead atoms. The van der Waals surface area contributed by atoms with E-state index in [9.17, 15) is 9.59 Å². The Morgan fingerprint density at radius 3 is 2.88 bits per heavy atom. The smallest absolute Gasteiger partial charge is 0.339 e. The second-order valence-corrected chi connectivity index (χ2v) is 11.7. The molecule has 1 aliphatic heterocycles. The zero-order valence-corrected chi connectivity index (χ0v) is 24.3. The molecule has 0 spiro atoms. The fourth-order valence-corrected chi connectivity index (χ4v) is 6.90. The van der Waals surface area contributed by atoms with E-state index < -0.39 is 5.97 Å². The largest absolute Gasteiger partial charge is 0.476 e. The van der Waals surface area contributed by atoms with Gasteiger partial charge < -0.3 is 24.3 Å². The molecular formula is C28H32BrN7O4. The van der Waals surface area contributed by atoms with Crippen LogP contribution in [0.2, 0.25) is 0 Å². The fraction of sp³-hybridized carbons (Fsp3) is 0.429. The summed E-state index contributed by atoms with van der Waals surface area (Å²) >= 11 is 3.61. The third-order valence-corrected chi connectivity index (χ3v) is 8.82. The first-order valence-electron chi connectivity index (χ1n) is 13.3. The Labute approximate surface area is 239 Å². The normalized spacial score (nSPS) is 20.8. The summed E-state index contributed by atoms with van der Waals surface area (Å²) in [6.45, 7) is 2.00. The number of nitrogens with two attached hydrogens (primary N) is 1. The highest BCUT2D eigenvalue weighted by Gasteiger charge is 2.49.